The Morgan fingerprint density at radius 3 is 0.791 bits per heavy atom. The molecule has 0 saturated heterocycles. The third-order valence-corrected chi connectivity index (χ3v) is 7.90. The molecule has 252 valence electrons. The van der Waals surface area contributed by atoms with E-state index < -0.39 is 15.2 Å². The largest absolute Gasteiger partial charge is 0.507 e. The van der Waals surface area contributed by atoms with E-state index in [4.69, 9.17) is 0 Å². The van der Waals surface area contributed by atoms with Crippen LogP contribution in [0.4, 0.5) is 0 Å². The first-order chi connectivity index (χ1) is 18.4. The second kappa shape index (κ2) is 15.4. The molecule has 2 aromatic rings. The summed E-state index contributed by atoms with van der Waals surface area (Å²) in [5, 5.41) is 21.0. The van der Waals surface area contributed by atoms with Crippen LogP contribution in [0.3, 0.4) is 0 Å². The fourth-order valence-corrected chi connectivity index (χ4v) is 5.65. The number of phenolic OH excluding ortho intramolecular Hbond substituents is 2. The predicted molar refractivity (Wildman–Crippen MR) is 174 cm³/mol. The SMILES string of the molecule is CC(C)(C)c1cc(CP(=O)(O)O)cc(C(C)(C)C)c1O.CC(C)(C)c1cc(CP(=O)(O)O)cc(C(C)(C)C)c1O.[CH2-]C.[Ni]. The van der Waals surface area contributed by atoms with Crippen LogP contribution in [-0.2, 0) is 59.6 Å². The molecule has 0 aliphatic rings. The van der Waals surface area contributed by atoms with E-state index in [0.717, 1.165) is 0 Å². The van der Waals surface area contributed by atoms with Gasteiger partial charge in [0.2, 0.25) is 0 Å². The molecular weight excluding hydrogens is 633 g/mol. The molecule has 6 N–H and O–H groups in total. The minimum absolute atomic E-state index is 0. The van der Waals surface area contributed by atoms with Gasteiger partial charge in [-0.3, -0.25) is 9.13 Å². The average molecular weight is 688 g/mol. The molecule has 0 aliphatic carbocycles. The number of rotatable bonds is 4. The maximum absolute atomic E-state index is 11.2. The molecule has 43 heavy (non-hydrogen) atoms. The Morgan fingerprint density at radius 1 is 0.512 bits per heavy atom. The maximum Gasteiger partial charge on any atom is 0.329 e. The smallest absolute Gasteiger partial charge is 0.329 e. The Kier molecular flexibility index (Phi) is 15.8. The molecule has 0 saturated carbocycles. The van der Waals surface area contributed by atoms with Crippen molar-refractivity contribution in [1.29, 1.82) is 0 Å². The summed E-state index contributed by atoms with van der Waals surface area (Å²) in [5.41, 5.74) is 2.80. The van der Waals surface area contributed by atoms with Gasteiger partial charge in [0.15, 0.2) is 0 Å². The zero-order chi connectivity index (χ0) is 33.9. The molecule has 0 spiro atoms. The van der Waals surface area contributed by atoms with Crippen molar-refractivity contribution in [2.24, 2.45) is 0 Å². The molecule has 2 rings (SSSR count). The molecule has 0 heterocycles. The van der Waals surface area contributed by atoms with Crippen LogP contribution in [-0.4, -0.2) is 29.8 Å². The van der Waals surface area contributed by atoms with Gasteiger partial charge in [-0.05, 0) is 55.0 Å². The van der Waals surface area contributed by atoms with Crippen LogP contribution in [0.15, 0.2) is 24.3 Å². The van der Waals surface area contributed by atoms with Crippen LogP contribution < -0.4 is 0 Å². The van der Waals surface area contributed by atoms with Gasteiger partial charge in [0.1, 0.15) is 11.5 Å². The molecule has 8 nitrogen and oxygen atoms in total. The van der Waals surface area contributed by atoms with Crippen molar-refractivity contribution in [2.45, 2.75) is 124 Å². The van der Waals surface area contributed by atoms with Crippen LogP contribution in [0.25, 0.3) is 0 Å². The van der Waals surface area contributed by atoms with E-state index in [2.05, 4.69) is 6.92 Å². The zero-order valence-electron chi connectivity index (χ0n) is 28.1. The summed E-state index contributed by atoms with van der Waals surface area (Å²) >= 11 is 0. The minimum atomic E-state index is -4.13. The molecule has 0 bridgehead atoms. The van der Waals surface area contributed by atoms with E-state index in [9.17, 15) is 38.9 Å². The van der Waals surface area contributed by atoms with Crippen molar-refractivity contribution in [2.75, 3.05) is 0 Å². The normalized spacial score (nSPS) is 12.8. The van der Waals surface area contributed by atoms with Crippen LogP contribution >= 0.6 is 15.2 Å². The topological polar surface area (TPSA) is 156 Å². The second-order valence-electron chi connectivity index (χ2n) is 14.7. The average Bonchev–Trinajstić information content (AvgIpc) is 2.72. The van der Waals surface area contributed by atoms with Gasteiger partial charge in [0.25, 0.3) is 0 Å². The van der Waals surface area contributed by atoms with Crippen molar-refractivity contribution >= 4 is 15.2 Å². The summed E-state index contributed by atoms with van der Waals surface area (Å²) in [6, 6.07) is 6.79. The fraction of sp³-hybridized carbons (Fsp3) is 0.594. The van der Waals surface area contributed by atoms with Gasteiger partial charge >= 0.3 is 15.2 Å². The van der Waals surface area contributed by atoms with E-state index in [-0.39, 0.29) is 62.0 Å². The quantitative estimate of drug-likeness (QED) is 0.107. The number of hydrogen-bond acceptors (Lipinski definition) is 4. The molecular formula is C32H55NiO8P2-. The molecule has 11 heteroatoms. The van der Waals surface area contributed by atoms with Gasteiger partial charge < -0.3 is 36.7 Å². The molecule has 0 aromatic heterocycles. The third-order valence-electron chi connectivity index (χ3n) is 6.35. The van der Waals surface area contributed by atoms with E-state index in [1.165, 1.54) is 0 Å². The summed E-state index contributed by atoms with van der Waals surface area (Å²) in [5.74, 6) is 0.443. The summed E-state index contributed by atoms with van der Waals surface area (Å²) in [6.07, 6.45) is -0.612. The summed E-state index contributed by atoms with van der Waals surface area (Å²) < 4.78 is 22.5. The summed E-state index contributed by atoms with van der Waals surface area (Å²) in [6.45, 7) is 28.6. The molecule has 0 amide bonds. The van der Waals surface area contributed by atoms with Gasteiger partial charge in [0.05, 0.1) is 12.3 Å². The standard InChI is InChI=1S/2C15H25O4P.C2H5.Ni/c2*1-14(2,3)11-7-10(9-20(17,18)19)8-12(13(11)16)15(4,5)6;1-2;/h2*7-8,16H,9H2,1-6H3,(H2,17,18,19);1H2,2H3;/q;;-1;. The minimum Gasteiger partial charge on any atom is -0.507 e. The molecule has 2 aromatic carbocycles. The van der Waals surface area contributed by atoms with Gasteiger partial charge in [0, 0.05) is 16.5 Å². The number of aromatic hydroxyl groups is 2. The Labute approximate surface area is 270 Å². The van der Waals surface area contributed by atoms with E-state index >= 15 is 0 Å². The molecule has 0 radical (unpaired) electrons. The van der Waals surface area contributed by atoms with Crippen molar-refractivity contribution in [3.8, 4) is 11.5 Å². The Morgan fingerprint density at radius 2 is 0.674 bits per heavy atom. The van der Waals surface area contributed by atoms with Gasteiger partial charge in [-0.15, -0.1) is 0 Å². The van der Waals surface area contributed by atoms with Crippen LogP contribution in [0.1, 0.15) is 123 Å². The van der Waals surface area contributed by atoms with Crippen LogP contribution in [0, 0.1) is 6.92 Å². The van der Waals surface area contributed by atoms with E-state index in [0.29, 0.717) is 33.4 Å². The maximum atomic E-state index is 11.2. The summed E-state index contributed by atoms with van der Waals surface area (Å²) in [4.78, 5) is 36.7. The van der Waals surface area contributed by atoms with E-state index in [1.54, 1.807) is 31.2 Å². The first-order valence-electron chi connectivity index (χ1n) is 14.0. The summed E-state index contributed by atoms with van der Waals surface area (Å²) in [7, 11) is -8.26. The van der Waals surface area contributed by atoms with Crippen LogP contribution in [0.2, 0.25) is 0 Å². The molecule has 0 fully saturated rings. The Bertz CT molecular complexity index is 1130. The number of hydrogen-bond donors (Lipinski definition) is 6. The van der Waals surface area contributed by atoms with Gasteiger partial charge in [-0.25, -0.2) is 0 Å². The van der Waals surface area contributed by atoms with Gasteiger partial charge in [-0.2, -0.15) is 6.92 Å². The molecule has 0 unspecified atom stereocenters. The van der Waals surface area contributed by atoms with E-state index in [1.807, 2.05) is 83.1 Å². The van der Waals surface area contributed by atoms with Crippen molar-refractivity contribution in [3.63, 3.8) is 0 Å². The fourth-order valence-electron chi connectivity index (χ4n) is 4.33. The molecule has 0 aliphatic heterocycles. The van der Waals surface area contributed by atoms with Gasteiger partial charge in [-0.1, -0.05) is 107 Å². The second-order valence-corrected chi connectivity index (χ2v) is 18.0. The monoisotopic (exact) mass is 687 g/mol. The Hall–Kier alpha value is -1.17. The first kappa shape index (κ1) is 44.0. The number of benzene rings is 2. The van der Waals surface area contributed by atoms with Crippen molar-refractivity contribution in [3.05, 3.63) is 64.6 Å². The first-order valence-corrected chi connectivity index (χ1v) is 17.6. The molecule has 0 atom stereocenters. The predicted octanol–water partition coefficient (Wildman–Crippen LogP) is 8.17. The van der Waals surface area contributed by atoms with Crippen molar-refractivity contribution < 1.29 is 55.4 Å². The van der Waals surface area contributed by atoms with Crippen molar-refractivity contribution in [1.82, 2.24) is 0 Å². The number of phenols is 2. The zero-order valence-corrected chi connectivity index (χ0v) is 30.9. The van der Waals surface area contributed by atoms with Crippen LogP contribution in [0.5, 0.6) is 11.5 Å². The third kappa shape index (κ3) is 14.6. The Balaban J connectivity index is 0.